The van der Waals surface area contributed by atoms with Gasteiger partial charge in [-0.15, -0.1) is 0 Å². The molecule has 3 rings (SSSR count). The molecule has 2 aromatic rings. The minimum Gasteiger partial charge on any atom is -0.467 e. The zero-order chi connectivity index (χ0) is 21.0. The smallest absolute Gasteiger partial charge is 0.330 e. The molecular weight excluding hydrogens is 370 g/mol. The lowest BCUT2D eigenvalue weighted by atomic mass is 9.91. The van der Waals surface area contributed by atoms with Crippen LogP contribution in [0.4, 0.5) is 5.69 Å². The number of aryl methyl sites for hydroxylation is 1. The average Bonchev–Trinajstić information content (AvgIpc) is 3.09. The van der Waals surface area contributed by atoms with E-state index in [2.05, 4.69) is 4.74 Å². The fourth-order valence-electron chi connectivity index (χ4n) is 3.66. The van der Waals surface area contributed by atoms with Gasteiger partial charge < -0.3 is 9.47 Å². The van der Waals surface area contributed by atoms with Crippen LogP contribution in [-0.4, -0.2) is 38.1 Å². The summed E-state index contributed by atoms with van der Waals surface area (Å²) < 4.78 is 9.70. The number of nitrogens with zero attached hydrogens (tertiary/aromatic N) is 1. The van der Waals surface area contributed by atoms with Crippen LogP contribution in [-0.2, 0) is 23.9 Å². The number of benzene rings is 2. The van der Waals surface area contributed by atoms with Gasteiger partial charge in [-0.2, -0.15) is 0 Å². The summed E-state index contributed by atoms with van der Waals surface area (Å²) in [6.07, 6.45) is 3.07. The molecule has 2 aromatic carbocycles. The Kier molecular flexibility index (Phi) is 6.12. The van der Waals surface area contributed by atoms with Crippen molar-refractivity contribution in [3.8, 4) is 0 Å². The number of amides is 1. The molecule has 0 aromatic heterocycles. The van der Waals surface area contributed by atoms with E-state index in [1.165, 1.54) is 25.2 Å². The second-order valence-electron chi connectivity index (χ2n) is 6.87. The molecule has 0 radical (unpaired) electrons. The molecule has 29 heavy (non-hydrogen) atoms. The van der Waals surface area contributed by atoms with Crippen molar-refractivity contribution in [3.63, 3.8) is 0 Å². The van der Waals surface area contributed by atoms with Gasteiger partial charge >= 0.3 is 11.9 Å². The minimum atomic E-state index is -0.789. The number of anilines is 1. The number of methoxy groups -OCH3 is 2. The molecular formula is C23H23NO5. The van der Waals surface area contributed by atoms with Crippen molar-refractivity contribution in [1.82, 2.24) is 0 Å². The van der Waals surface area contributed by atoms with E-state index >= 15 is 0 Å². The Balaban J connectivity index is 2.09. The maximum absolute atomic E-state index is 13.0. The summed E-state index contributed by atoms with van der Waals surface area (Å²) in [7, 11) is 2.62. The maximum atomic E-state index is 13.0. The zero-order valence-corrected chi connectivity index (χ0v) is 16.6. The third kappa shape index (κ3) is 4.21. The summed E-state index contributed by atoms with van der Waals surface area (Å²) in [4.78, 5) is 38.8. The van der Waals surface area contributed by atoms with Crippen molar-refractivity contribution in [3.05, 3.63) is 71.3 Å². The summed E-state index contributed by atoms with van der Waals surface area (Å²) in [6, 6.07) is 14.2. The van der Waals surface area contributed by atoms with Crippen molar-refractivity contribution in [2.45, 2.75) is 25.3 Å². The second-order valence-corrected chi connectivity index (χ2v) is 6.87. The molecule has 6 nitrogen and oxygen atoms in total. The van der Waals surface area contributed by atoms with Crippen LogP contribution in [0.3, 0.4) is 0 Å². The van der Waals surface area contributed by atoms with Gasteiger partial charge in [-0.1, -0.05) is 42.0 Å². The Hall–Kier alpha value is -3.41. The lowest BCUT2D eigenvalue weighted by Gasteiger charge is -2.27. The van der Waals surface area contributed by atoms with Gasteiger partial charge in [0.25, 0.3) is 0 Å². The van der Waals surface area contributed by atoms with E-state index < -0.39 is 18.0 Å². The van der Waals surface area contributed by atoms with Crippen LogP contribution < -0.4 is 4.90 Å². The Labute approximate surface area is 169 Å². The number of hydrogen-bond donors (Lipinski definition) is 0. The first-order valence-electron chi connectivity index (χ1n) is 9.27. The molecule has 0 aliphatic carbocycles. The fraction of sp³-hybridized carbons (Fsp3) is 0.261. The van der Waals surface area contributed by atoms with Gasteiger partial charge in [0.2, 0.25) is 5.91 Å². The highest BCUT2D eigenvalue weighted by Crippen LogP contribution is 2.39. The van der Waals surface area contributed by atoms with Crippen molar-refractivity contribution in [2.75, 3.05) is 19.1 Å². The first-order chi connectivity index (χ1) is 14.0. The standard InChI is InChI=1S/C23H23NO5/c1-15-9-11-19(17(13-15)10-12-21(26)28-2)24-20(25)14-18(22(24)23(27)29-3)16-7-5-4-6-8-16/h4-13,18,22H,14H2,1-3H3/b12-10+/t18-,22+/m1/s1. The van der Waals surface area contributed by atoms with Crippen LogP contribution in [0.25, 0.3) is 6.08 Å². The normalized spacial score (nSPS) is 18.9. The number of hydrogen-bond acceptors (Lipinski definition) is 5. The second kappa shape index (κ2) is 8.73. The lowest BCUT2D eigenvalue weighted by molar-refractivity contribution is -0.142. The Bertz CT molecular complexity index is 951. The Morgan fingerprint density at radius 3 is 2.45 bits per heavy atom. The van der Waals surface area contributed by atoms with Gasteiger partial charge in [0.05, 0.1) is 19.9 Å². The molecule has 1 fully saturated rings. The maximum Gasteiger partial charge on any atom is 0.330 e. The summed E-state index contributed by atoms with van der Waals surface area (Å²) in [5.41, 5.74) is 3.05. The van der Waals surface area contributed by atoms with Crippen LogP contribution >= 0.6 is 0 Å². The van der Waals surface area contributed by atoms with E-state index in [9.17, 15) is 14.4 Å². The topological polar surface area (TPSA) is 72.9 Å². The fourth-order valence-corrected chi connectivity index (χ4v) is 3.66. The van der Waals surface area contributed by atoms with Crippen molar-refractivity contribution in [1.29, 1.82) is 0 Å². The van der Waals surface area contributed by atoms with Gasteiger partial charge in [0, 0.05) is 18.4 Å². The van der Waals surface area contributed by atoms with Gasteiger partial charge in [0.15, 0.2) is 0 Å². The van der Waals surface area contributed by atoms with Crippen molar-refractivity contribution < 1.29 is 23.9 Å². The molecule has 1 aliphatic rings. The first-order valence-corrected chi connectivity index (χ1v) is 9.27. The van der Waals surface area contributed by atoms with Gasteiger partial charge in [-0.3, -0.25) is 9.69 Å². The van der Waals surface area contributed by atoms with Crippen LogP contribution in [0.2, 0.25) is 0 Å². The van der Waals surface area contributed by atoms with Crippen LogP contribution in [0.15, 0.2) is 54.6 Å². The quantitative estimate of drug-likeness (QED) is 0.576. The molecule has 1 aliphatic heterocycles. The van der Waals surface area contributed by atoms with Crippen molar-refractivity contribution >= 4 is 29.6 Å². The third-order valence-corrected chi connectivity index (χ3v) is 5.04. The van der Waals surface area contributed by atoms with E-state index in [0.717, 1.165) is 11.1 Å². The molecule has 0 saturated carbocycles. The summed E-state index contributed by atoms with van der Waals surface area (Å²) in [6.45, 7) is 1.91. The van der Waals surface area contributed by atoms with E-state index in [1.54, 1.807) is 12.1 Å². The van der Waals surface area contributed by atoms with Gasteiger partial charge in [-0.05, 0) is 36.3 Å². The Morgan fingerprint density at radius 1 is 1.07 bits per heavy atom. The van der Waals surface area contributed by atoms with Gasteiger partial charge in [0.1, 0.15) is 6.04 Å². The monoisotopic (exact) mass is 393 g/mol. The highest BCUT2D eigenvalue weighted by atomic mass is 16.5. The van der Waals surface area contributed by atoms with E-state index in [1.807, 2.05) is 49.4 Å². The van der Waals surface area contributed by atoms with Gasteiger partial charge in [-0.25, -0.2) is 9.59 Å². The van der Waals surface area contributed by atoms with E-state index in [0.29, 0.717) is 11.3 Å². The molecule has 150 valence electrons. The van der Waals surface area contributed by atoms with E-state index in [-0.39, 0.29) is 18.2 Å². The minimum absolute atomic E-state index is 0.175. The average molecular weight is 393 g/mol. The summed E-state index contributed by atoms with van der Waals surface area (Å²) >= 11 is 0. The molecule has 0 N–H and O–H groups in total. The highest BCUT2D eigenvalue weighted by molar-refractivity contribution is 6.05. The highest BCUT2D eigenvalue weighted by Gasteiger charge is 2.46. The number of carbonyl (C=O) groups is 3. The summed E-state index contributed by atoms with van der Waals surface area (Å²) in [5, 5.41) is 0. The number of ether oxygens (including phenoxy) is 2. The predicted molar refractivity (Wildman–Crippen MR) is 109 cm³/mol. The predicted octanol–water partition coefficient (Wildman–Crippen LogP) is 3.24. The Morgan fingerprint density at radius 2 is 1.79 bits per heavy atom. The molecule has 0 spiro atoms. The molecule has 0 unspecified atom stereocenters. The molecule has 1 saturated heterocycles. The number of esters is 2. The molecule has 0 bridgehead atoms. The SMILES string of the molecule is COC(=O)/C=C/c1cc(C)ccc1N1C(=O)C[C@H](c2ccccc2)[C@H]1C(=O)OC. The number of carbonyl (C=O) groups excluding carboxylic acids is 3. The number of rotatable bonds is 5. The van der Waals surface area contributed by atoms with E-state index in [4.69, 9.17) is 4.74 Å². The van der Waals surface area contributed by atoms with Crippen LogP contribution in [0.1, 0.15) is 29.0 Å². The largest absolute Gasteiger partial charge is 0.467 e. The first kappa shape index (κ1) is 20.3. The third-order valence-electron chi connectivity index (χ3n) is 5.04. The molecule has 2 atom stereocenters. The molecule has 6 heteroatoms. The molecule has 1 amide bonds. The van der Waals surface area contributed by atoms with Crippen molar-refractivity contribution in [2.24, 2.45) is 0 Å². The van der Waals surface area contributed by atoms with Crippen LogP contribution in [0.5, 0.6) is 0 Å². The zero-order valence-electron chi connectivity index (χ0n) is 16.6. The lowest BCUT2D eigenvalue weighted by Crippen LogP contribution is -2.42. The van der Waals surface area contributed by atoms with Crippen LogP contribution in [0, 0.1) is 6.92 Å². The summed E-state index contributed by atoms with van der Waals surface area (Å²) in [5.74, 6) is -1.48. The molecule has 1 heterocycles.